The molecule has 0 radical (unpaired) electrons. The number of ketones is 1. The first kappa shape index (κ1) is 22.4. The maximum absolute atomic E-state index is 13.2. The minimum Gasteiger partial charge on any atom is -0.507 e. The first-order chi connectivity index (χ1) is 15.9. The van der Waals surface area contributed by atoms with Crippen molar-refractivity contribution >= 4 is 29.1 Å². The smallest absolute Gasteiger partial charge is 0.295 e. The number of Topliss-reactive ketones (excluding diaryl/α,β-unsaturated/α-hetero) is 1. The van der Waals surface area contributed by atoms with Crippen LogP contribution in [0.15, 0.2) is 78.4 Å². The number of ether oxygens (including phenoxy) is 2. The van der Waals surface area contributed by atoms with Crippen LogP contribution >= 0.6 is 11.6 Å². The quantitative estimate of drug-likeness (QED) is 0.317. The summed E-state index contributed by atoms with van der Waals surface area (Å²) in [7, 11) is 3.04. The number of carbonyl (C=O) groups is 2. The van der Waals surface area contributed by atoms with Gasteiger partial charge in [-0.1, -0.05) is 48.0 Å². The topological polar surface area (TPSA) is 76.1 Å². The molecule has 0 saturated carbocycles. The first-order valence-corrected chi connectivity index (χ1v) is 10.6. The molecule has 0 unspecified atom stereocenters. The van der Waals surface area contributed by atoms with Crippen molar-refractivity contribution in [2.45, 2.75) is 12.6 Å². The number of hydrogen-bond donors (Lipinski definition) is 1. The molecule has 168 valence electrons. The Bertz CT molecular complexity index is 1220. The highest BCUT2D eigenvalue weighted by atomic mass is 35.5. The number of methoxy groups -OCH3 is 2. The Balaban J connectivity index is 1.89. The number of carbonyl (C=O) groups excluding carboxylic acids is 2. The Kier molecular flexibility index (Phi) is 6.38. The molecule has 0 bridgehead atoms. The lowest BCUT2D eigenvalue weighted by atomic mass is 9.95. The van der Waals surface area contributed by atoms with Crippen molar-refractivity contribution in [1.29, 1.82) is 0 Å². The fourth-order valence-corrected chi connectivity index (χ4v) is 4.08. The number of aliphatic hydroxyl groups is 1. The molecule has 0 aromatic heterocycles. The average Bonchev–Trinajstić information content (AvgIpc) is 3.09. The van der Waals surface area contributed by atoms with Crippen LogP contribution in [0.25, 0.3) is 5.76 Å². The fourth-order valence-electron chi connectivity index (χ4n) is 3.96. The molecule has 7 heteroatoms. The predicted molar refractivity (Wildman–Crippen MR) is 125 cm³/mol. The van der Waals surface area contributed by atoms with E-state index >= 15 is 0 Å². The SMILES string of the molecule is COc1ccc([C@@H]2C(=C(O)c3ccc(Cl)cc3)C(=O)C(=O)N2Cc2ccccc2)cc1OC. The minimum absolute atomic E-state index is 0.00507. The van der Waals surface area contributed by atoms with Gasteiger partial charge in [0.25, 0.3) is 11.7 Å². The normalized spacial score (nSPS) is 17.3. The Labute approximate surface area is 196 Å². The van der Waals surface area contributed by atoms with Gasteiger partial charge in [-0.3, -0.25) is 9.59 Å². The number of hydrogen-bond acceptors (Lipinski definition) is 5. The zero-order chi connectivity index (χ0) is 23.5. The van der Waals surface area contributed by atoms with Gasteiger partial charge in [-0.2, -0.15) is 0 Å². The molecule has 1 aliphatic heterocycles. The van der Waals surface area contributed by atoms with E-state index in [0.717, 1.165) is 5.56 Å². The van der Waals surface area contributed by atoms with E-state index in [2.05, 4.69) is 0 Å². The highest BCUT2D eigenvalue weighted by Crippen LogP contribution is 2.42. The van der Waals surface area contributed by atoms with E-state index in [1.807, 2.05) is 30.3 Å². The lowest BCUT2D eigenvalue weighted by Gasteiger charge is -2.26. The molecule has 1 fully saturated rings. The van der Waals surface area contributed by atoms with Gasteiger partial charge in [0, 0.05) is 17.1 Å². The number of rotatable bonds is 6. The van der Waals surface area contributed by atoms with Crippen molar-refractivity contribution in [2.75, 3.05) is 14.2 Å². The summed E-state index contributed by atoms with van der Waals surface area (Å²) in [5, 5.41) is 11.6. The molecule has 0 spiro atoms. The van der Waals surface area contributed by atoms with E-state index in [9.17, 15) is 14.7 Å². The molecule has 1 N–H and O–H groups in total. The molecule has 3 aromatic rings. The summed E-state index contributed by atoms with van der Waals surface area (Å²) < 4.78 is 10.8. The van der Waals surface area contributed by atoms with E-state index in [4.69, 9.17) is 21.1 Å². The molecular weight excluding hydrogens is 442 g/mol. The molecule has 1 aliphatic rings. The number of nitrogens with zero attached hydrogens (tertiary/aromatic N) is 1. The van der Waals surface area contributed by atoms with E-state index in [-0.39, 0.29) is 17.9 Å². The van der Waals surface area contributed by atoms with Gasteiger partial charge in [0.15, 0.2) is 11.5 Å². The van der Waals surface area contributed by atoms with Crippen LogP contribution in [-0.4, -0.2) is 35.9 Å². The van der Waals surface area contributed by atoms with Crippen molar-refractivity contribution in [3.05, 3.63) is 100 Å². The molecular formula is C26H22ClNO5. The monoisotopic (exact) mass is 463 g/mol. The van der Waals surface area contributed by atoms with E-state index in [1.165, 1.54) is 19.1 Å². The number of benzene rings is 3. The molecule has 33 heavy (non-hydrogen) atoms. The van der Waals surface area contributed by atoms with Crippen LogP contribution in [0.3, 0.4) is 0 Å². The van der Waals surface area contributed by atoms with Gasteiger partial charge < -0.3 is 19.5 Å². The molecule has 1 amide bonds. The number of likely N-dealkylation sites (tertiary alicyclic amines) is 1. The molecule has 1 heterocycles. The van der Waals surface area contributed by atoms with Crippen LogP contribution in [0.4, 0.5) is 0 Å². The largest absolute Gasteiger partial charge is 0.507 e. The van der Waals surface area contributed by atoms with Gasteiger partial charge in [0.1, 0.15) is 5.76 Å². The Morgan fingerprint density at radius 2 is 1.61 bits per heavy atom. The summed E-state index contributed by atoms with van der Waals surface area (Å²) in [4.78, 5) is 27.7. The zero-order valence-electron chi connectivity index (χ0n) is 18.1. The number of halogens is 1. The minimum atomic E-state index is -0.819. The lowest BCUT2D eigenvalue weighted by molar-refractivity contribution is -0.140. The third-order valence-corrected chi connectivity index (χ3v) is 5.83. The molecule has 6 nitrogen and oxygen atoms in total. The van der Waals surface area contributed by atoms with Crippen molar-refractivity contribution in [2.24, 2.45) is 0 Å². The van der Waals surface area contributed by atoms with Crippen molar-refractivity contribution < 1.29 is 24.2 Å². The predicted octanol–water partition coefficient (Wildman–Crippen LogP) is 4.98. The fraction of sp³-hybridized carbons (Fsp3) is 0.154. The van der Waals surface area contributed by atoms with Crippen molar-refractivity contribution in [1.82, 2.24) is 4.90 Å². The second kappa shape index (κ2) is 9.38. The molecule has 1 atom stereocenters. The van der Waals surface area contributed by atoms with Crippen LogP contribution in [-0.2, 0) is 16.1 Å². The highest BCUT2D eigenvalue weighted by molar-refractivity contribution is 6.46. The van der Waals surface area contributed by atoms with Gasteiger partial charge in [-0.05, 0) is 47.5 Å². The van der Waals surface area contributed by atoms with Gasteiger partial charge in [0.2, 0.25) is 0 Å². The van der Waals surface area contributed by atoms with E-state index < -0.39 is 17.7 Å². The van der Waals surface area contributed by atoms with Crippen LogP contribution < -0.4 is 9.47 Å². The first-order valence-electron chi connectivity index (χ1n) is 10.2. The van der Waals surface area contributed by atoms with Gasteiger partial charge >= 0.3 is 0 Å². The summed E-state index contributed by atoms with van der Waals surface area (Å²) >= 11 is 5.98. The standard InChI is InChI=1S/C26H22ClNO5/c1-32-20-13-10-18(14-21(20)33-2)23-22(24(29)17-8-11-19(27)12-9-17)25(30)26(31)28(23)15-16-6-4-3-5-7-16/h3-14,23,29H,15H2,1-2H3/t23-/m1/s1. The second-order valence-electron chi connectivity index (χ2n) is 7.53. The molecule has 3 aromatic carbocycles. The van der Waals surface area contributed by atoms with Gasteiger partial charge in [0.05, 0.1) is 25.8 Å². The molecule has 4 rings (SSSR count). The van der Waals surface area contributed by atoms with Gasteiger partial charge in [-0.25, -0.2) is 0 Å². The zero-order valence-corrected chi connectivity index (χ0v) is 18.9. The second-order valence-corrected chi connectivity index (χ2v) is 7.97. The van der Waals surface area contributed by atoms with E-state index in [1.54, 1.807) is 42.5 Å². The maximum atomic E-state index is 13.2. The lowest BCUT2D eigenvalue weighted by Crippen LogP contribution is -2.29. The average molecular weight is 464 g/mol. The summed E-state index contributed by atoms with van der Waals surface area (Å²) in [5.74, 6) is -0.738. The Morgan fingerprint density at radius 3 is 2.24 bits per heavy atom. The third-order valence-electron chi connectivity index (χ3n) is 5.58. The maximum Gasteiger partial charge on any atom is 0.295 e. The third kappa shape index (κ3) is 4.30. The molecule has 0 aliphatic carbocycles. The summed E-state index contributed by atoms with van der Waals surface area (Å²) in [5.41, 5.74) is 1.86. The Morgan fingerprint density at radius 1 is 0.939 bits per heavy atom. The van der Waals surface area contributed by atoms with E-state index in [0.29, 0.717) is 27.6 Å². The number of amides is 1. The van der Waals surface area contributed by atoms with Crippen LogP contribution in [0.1, 0.15) is 22.7 Å². The number of aliphatic hydroxyl groups excluding tert-OH is 1. The summed E-state index contributed by atoms with van der Waals surface area (Å²) in [6.07, 6.45) is 0. The van der Waals surface area contributed by atoms with Crippen molar-refractivity contribution in [3.8, 4) is 11.5 Å². The van der Waals surface area contributed by atoms with Crippen LogP contribution in [0.5, 0.6) is 11.5 Å². The van der Waals surface area contributed by atoms with Crippen LogP contribution in [0, 0.1) is 0 Å². The highest BCUT2D eigenvalue weighted by Gasteiger charge is 2.46. The summed E-state index contributed by atoms with van der Waals surface area (Å²) in [6.45, 7) is 0.196. The summed E-state index contributed by atoms with van der Waals surface area (Å²) in [6, 6.07) is 20.2. The van der Waals surface area contributed by atoms with Gasteiger partial charge in [-0.15, -0.1) is 0 Å². The Hall–Kier alpha value is -3.77. The molecule has 1 saturated heterocycles. The van der Waals surface area contributed by atoms with Crippen LogP contribution in [0.2, 0.25) is 5.02 Å². The van der Waals surface area contributed by atoms with Crippen molar-refractivity contribution in [3.63, 3.8) is 0 Å².